The van der Waals surface area contributed by atoms with Gasteiger partial charge in [-0.15, -0.1) is 0 Å². The largest absolute Gasteiger partial charge is 0.380 e. The number of nitrogens with one attached hydrogen (secondary N) is 1. The minimum Gasteiger partial charge on any atom is -0.380 e. The Morgan fingerprint density at radius 1 is 1.20 bits per heavy atom. The highest BCUT2D eigenvalue weighted by Gasteiger charge is 2.15. The second kappa shape index (κ2) is 7.90. The van der Waals surface area contributed by atoms with E-state index in [4.69, 9.17) is 4.74 Å². The normalized spacial score (nSPS) is 15.8. The summed E-state index contributed by atoms with van der Waals surface area (Å²) in [4.78, 5) is 14.2. The minimum atomic E-state index is 0.194. The van der Waals surface area contributed by atoms with Crippen LogP contribution in [0.5, 0.6) is 0 Å². The Bertz CT molecular complexity index is 426. The predicted molar refractivity (Wildman–Crippen MR) is 80.7 cm³/mol. The quantitative estimate of drug-likeness (QED) is 0.899. The molecule has 1 N–H and O–H groups in total. The highest BCUT2D eigenvalue weighted by molar-refractivity contribution is 5.81. The summed E-state index contributed by atoms with van der Waals surface area (Å²) in [7, 11) is 1.68. The molecule has 1 saturated heterocycles. The Hall–Kier alpha value is -1.55. The van der Waals surface area contributed by atoms with E-state index in [1.165, 1.54) is 12.8 Å². The maximum absolute atomic E-state index is 12.2. The van der Waals surface area contributed by atoms with Crippen molar-refractivity contribution in [1.29, 1.82) is 0 Å². The van der Waals surface area contributed by atoms with Gasteiger partial charge in [-0.3, -0.25) is 4.79 Å². The number of anilines is 1. The monoisotopic (exact) mass is 276 g/mol. The summed E-state index contributed by atoms with van der Waals surface area (Å²) in [6.07, 6.45) is 4.75. The lowest BCUT2D eigenvalue weighted by atomic mass is 10.2. The SMILES string of the molecule is COCc1ccccc1NCC(=O)N1CCCCCC1. The first-order chi connectivity index (χ1) is 9.81. The number of methoxy groups -OCH3 is 1. The second-order valence-electron chi connectivity index (χ2n) is 5.24. The van der Waals surface area contributed by atoms with E-state index in [0.29, 0.717) is 13.2 Å². The molecule has 4 heteroatoms. The van der Waals surface area contributed by atoms with Gasteiger partial charge in [0.2, 0.25) is 5.91 Å². The first kappa shape index (κ1) is 14.9. The van der Waals surface area contributed by atoms with Crippen LogP contribution < -0.4 is 5.32 Å². The van der Waals surface area contributed by atoms with E-state index in [1.807, 2.05) is 29.2 Å². The molecule has 0 bridgehead atoms. The molecule has 0 spiro atoms. The molecule has 1 aromatic rings. The van der Waals surface area contributed by atoms with E-state index in [1.54, 1.807) is 7.11 Å². The van der Waals surface area contributed by atoms with Crippen molar-refractivity contribution < 1.29 is 9.53 Å². The molecule has 0 radical (unpaired) electrons. The van der Waals surface area contributed by atoms with E-state index in [9.17, 15) is 4.79 Å². The van der Waals surface area contributed by atoms with Gasteiger partial charge >= 0.3 is 0 Å². The zero-order valence-electron chi connectivity index (χ0n) is 12.2. The second-order valence-corrected chi connectivity index (χ2v) is 5.24. The molecule has 0 aliphatic carbocycles. The summed E-state index contributed by atoms with van der Waals surface area (Å²) in [6.45, 7) is 2.72. The van der Waals surface area contributed by atoms with Gasteiger partial charge in [0.15, 0.2) is 0 Å². The smallest absolute Gasteiger partial charge is 0.241 e. The van der Waals surface area contributed by atoms with Gasteiger partial charge in [-0.25, -0.2) is 0 Å². The molecular weight excluding hydrogens is 252 g/mol. The molecule has 110 valence electrons. The van der Waals surface area contributed by atoms with Crippen molar-refractivity contribution in [3.63, 3.8) is 0 Å². The third kappa shape index (κ3) is 4.23. The van der Waals surface area contributed by atoms with Crippen LogP contribution in [0.25, 0.3) is 0 Å². The predicted octanol–water partition coefficient (Wildman–Crippen LogP) is 2.65. The minimum absolute atomic E-state index is 0.194. The first-order valence-electron chi connectivity index (χ1n) is 7.40. The number of hydrogen-bond acceptors (Lipinski definition) is 3. The van der Waals surface area contributed by atoms with Crippen LogP contribution in [0.2, 0.25) is 0 Å². The number of amides is 1. The summed E-state index contributed by atoms with van der Waals surface area (Å²) in [5.41, 5.74) is 2.07. The number of para-hydroxylation sites is 1. The Kier molecular flexibility index (Phi) is 5.87. The Morgan fingerprint density at radius 3 is 2.60 bits per heavy atom. The fourth-order valence-corrected chi connectivity index (χ4v) is 2.58. The van der Waals surface area contributed by atoms with Gasteiger partial charge in [0.25, 0.3) is 0 Å². The summed E-state index contributed by atoms with van der Waals surface area (Å²) < 4.78 is 5.17. The fraction of sp³-hybridized carbons (Fsp3) is 0.562. The molecule has 0 atom stereocenters. The van der Waals surface area contributed by atoms with Crippen molar-refractivity contribution in [2.45, 2.75) is 32.3 Å². The number of likely N-dealkylation sites (tertiary alicyclic amines) is 1. The zero-order chi connectivity index (χ0) is 14.2. The molecule has 1 amide bonds. The molecule has 0 aromatic heterocycles. The Labute approximate surface area is 121 Å². The molecule has 2 rings (SSSR count). The van der Waals surface area contributed by atoms with Gasteiger partial charge < -0.3 is 15.0 Å². The van der Waals surface area contributed by atoms with Crippen LogP contribution in [0, 0.1) is 0 Å². The van der Waals surface area contributed by atoms with Crippen LogP contribution in [0.15, 0.2) is 24.3 Å². The molecule has 1 aliphatic rings. The number of carbonyl (C=O) groups excluding carboxylic acids is 1. The van der Waals surface area contributed by atoms with Gasteiger partial charge in [-0.1, -0.05) is 31.0 Å². The first-order valence-corrected chi connectivity index (χ1v) is 7.40. The van der Waals surface area contributed by atoms with Gasteiger partial charge in [-0.2, -0.15) is 0 Å². The van der Waals surface area contributed by atoms with Gasteiger partial charge in [-0.05, 0) is 18.9 Å². The maximum Gasteiger partial charge on any atom is 0.241 e. The summed E-state index contributed by atoms with van der Waals surface area (Å²) in [5.74, 6) is 0.194. The lowest BCUT2D eigenvalue weighted by Gasteiger charge is -2.21. The van der Waals surface area contributed by atoms with E-state index >= 15 is 0 Å². The van der Waals surface area contributed by atoms with Crippen LogP contribution >= 0.6 is 0 Å². The molecule has 20 heavy (non-hydrogen) atoms. The van der Waals surface area contributed by atoms with Gasteiger partial charge in [0.05, 0.1) is 13.2 Å². The van der Waals surface area contributed by atoms with E-state index in [2.05, 4.69) is 5.32 Å². The lowest BCUT2D eigenvalue weighted by molar-refractivity contribution is -0.129. The summed E-state index contributed by atoms with van der Waals surface area (Å²) in [6, 6.07) is 7.96. The molecule has 1 aromatic carbocycles. The van der Waals surface area contributed by atoms with Crippen molar-refractivity contribution >= 4 is 11.6 Å². The van der Waals surface area contributed by atoms with Crippen LogP contribution in [-0.2, 0) is 16.1 Å². The standard InChI is InChI=1S/C16H24N2O2/c1-20-13-14-8-4-5-9-15(14)17-12-16(19)18-10-6-2-3-7-11-18/h4-5,8-9,17H,2-3,6-7,10-13H2,1H3. The maximum atomic E-state index is 12.2. The average Bonchev–Trinajstić information content (AvgIpc) is 2.75. The average molecular weight is 276 g/mol. The van der Waals surface area contributed by atoms with Crippen molar-refractivity contribution in [2.24, 2.45) is 0 Å². The van der Waals surface area contributed by atoms with Crippen molar-refractivity contribution in [1.82, 2.24) is 4.90 Å². The fourth-order valence-electron chi connectivity index (χ4n) is 2.58. The van der Waals surface area contributed by atoms with E-state index in [-0.39, 0.29) is 5.91 Å². The van der Waals surface area contributed by atoms with Gasteiger partial charge in [0.1, 0.15) is 0 Å². The number of nitrogens with zero attached hydrogens (tertiary/aromatic N) is 1. The number of benzene rings is 1. The zero-order valence-corrected chi connectivity index (χ0v) is 12.2. The van der Waals surface area contributed by atoms with Crippen molar-refractivity contribution in [2.75, 3.05) is 32.1 Å². The highest BCUT2D eigenvalue weighted by Crippen LogP contribution is 2.16. The van der Waals surface area contributed by atoms with Crippen LogP contribution in [0.4, 0.5) is 5.69 Å². The number of hydrogen-bond donors (Lipinski definition) is 1. The summed E-state index contributed by atoms with van der Waals surface area (Å²) in [5, 5.41) is 3.24. The third-order valence-corrected chi connectivity index (χ3v) is 3.71. The molecule has 4 nitrogen and oxygen atoms in total. The highest BCUT2D eigenvalue weighted by atomic mass is 16.5. The molecule has 0 saturated carbocycles. The Morgan fingerprint density at radius 2 is 1.90 bits per heavy atom. The topological polar surface area (TPSA) is 41.6 Å². The lowest BCUT2D eigenvalue weighted by Crippen LogP contribution is -2.36. The van der Waals surface area contributed by atoms with Crippen LogP contribution in [0.3, 0.4) is 0 Å². The number of ether oxygens (including phenoxy) is 1. The van der Waals surface area contributed by atoms with Crippen molar-refractivity contribution in [3.05, 3.63) is 29.8 Å². The molecule has 1 aliphatic heterocycles. The van der Waals surface area contributed by atoms with Crippen LogP contribution in [0.1, 0.15) is 31.2 Å². The molecular formula is C16H24N2O2. The van der Waals surface area contributed by atoms with Crippen molar-refractivity contribution in [3.8, 4) is 0 Å². The van der Waals surface area contributed by atoms with E-state index in [0.717, 1.165) is 37.2 Å². The Balaban J connectivity index is 1.89. The number of rotatable bonds is 5. The van der Waals surface area contributed by atoms with Gasteiger partial charge in [0, 0.05) is 31.5 Å². The van der Waals surface area contributed by atoms with Crippen LogP contribution in [-0.4, -0.2) is 37.6 Å². The molecule has 1 heterocycles. The molecule has 0 unspecified atom stereocenters. The summed E-state index contributed by atoms with van der Waals surface area (Å²) >= 11 is 0. The van der Waals surface area contributed by atoms with E-state index < -0.39 is 0 Å². The molecule has 1 fully saturated rings. The third-order valence-electron chi connectivity index (χ3n) is 3.71. The number of carbonyl (C=O) groups is 1.